The van der Waals surface area contributed by atoms with Gasteiger partial charge in [0, 0.05) is 24.7 Å². The smallest absolute Gasteiger partial charge is 0.285 e. The van der Waals surface area contributed by atoms with E-state index in [0.29, 0.717) is 24.0 Å². The summed E-state index contributed by atoms with van der Waals surface area (Å²) < 4.78 is 28.7. The number of hydrogen-bond acceptors (Lipinski definition) is 4. The number of piperidine rings is 1. The van der Waals surface area contributed by atoms with Gasteiger partial charge in [-0.05, 0) is 37.8 Å². The number of carbonyl (C=O) groups is 1. The number of benzene rings is 1. The van der Waals surface area contributed by atoms with Crippen LogP contribution >= 0.6 is 0 Å². The number of likely N-dealkylation sites (tertiary alicyclic amines) is 1. The van der Waals surface area contributed by atoms with Gasteiger partial charge in [-0.2, -0.15) is 8.42 Å². The summed E-state index contributed by atoms with van der Waals surface area (Å²) in [4.78, 5) is 15.1. The molecule has 6 nitrogen and oxygen atoms in total. The second kappa shape index (κ2) is 7.62. The largest absolute Gasteiger partial charge is 0.355 e. The molecule has 7 heteroatoms. The summed E-state index contributed by atoms with van der Waals surface area (Å²) in [6.07, 6.45) is 8.75. The van der Waals surface area contributed by atoms with E-state index in [9.17, 15) is 13.2 Å². The molecule has 3 aliphatic rings. The lowest BCUT2D eigenvalue weighted by Gasteiger charge is -2.34. The van der Waals surface area contributed by atoms with E-state index < -0.39 is 10.0 Å². The number of nitrogens with one attached hydrogen (secondary N) is 1. The van der Waals surface area contributed by atoms with E-state index in [4.69, 9.17) is 0 Å². The Morgan fingerprint density at radius 1 is 1.04 bits per heavy atom. The summed E-state index contributed by atoms with van der Waals surface area (Å²) in [6.45, 7) is 1.26. The molecule has 146 valence electrons. The number of amidine groups is 1. The van der Waals surface area contributed by atoms with Crippen LogP contribution in [0.3, 0.4) is 0 Å². The number of nitrogens with zero attached hydrogens (tertiary/aromatic N) is 2. The maximum absolute atomic E-state index is 12.8. The highest BCUT2D eigenvalue weighted by molar-refractivity contribution is 7.90. The third kappa shape index (κ3) is 3.88. The predicted molar refractivity (Wildman–Crippen MR) is 104 cm³/mol. The van der Waals surface area contributed by atoms with Crippen molar-refractivity contribution in [1.29, 1.82) is 0 Å². The maximum atomic E-state index is 12.8. The molecule has 27 heavy (non-hydrogen) atoms. The van der Waals surface area contributed by atoms with Gasteiger partial charge in [0.25, 0.3) is 10.0 Å². The molecule has 2 fully saturated rings. The topological polar surface area (TPSA) is 78.8 Å². The summed E-state index contributed by atoms with van der Waals surface area (Å²) >= 11 is 0. The minimum Gasteiger partial charge on any atom is -0.355 e. The standard InChI is InChI=1S/C20H27N3O3S/c24-20(21-16-9-3-1-2-4-10-16)15-8-7-13-23(14-15)19-17-11-5-6-12-18(17)27(25,26)22-19/h5-6,11-12,15-16H,1-4,7-10,13-14H2,(H,21,24)/t15-/m0/s1. The molecule has 1 saturated carbocycles. The molecule has 1 aliphatic carbocycles. The second-order valence-electron chi connectivity index (χ2n) is 7.87. The first-order valence-corrected chi connectivity index (χ1v) is 11.5. The van der Waals surface area contributed by atoms with Crippen molar-refractivity contribution in [1.82, 2.24) is 10.2 Å². The van der Waals surface area contributed by atoms with Gasteiger partial charge in [-0.15, -0.1) is 4.40 Å². The van der Waals surface area contributed by atoms with E-state index in [1.165, 1.54) is 25.7 Å². The normalized spacial score (nSPS) is 25.4. The molecule has 4 rings (SSSR count). The van der Waals surface area contributed by atoms with Crippen LogP contribution in [0.1, 0.15) is 56.9 Å². The molecule has 2 aliphatic heterocycles. The number of hydrogen-bond donors (Lipinski definition) is 1. The first-order valence-electron chi connectivity index (χ1n) is 10.0. The highest BCUT2D eigenvalue weighted by Crippen LogP contribution is 2.30. The van der Waals surface area contributed by atoms with Crippen molar-refractivity contribution in [2.24, 2.45) is 10.3 Å². The Hall–Kier alpha value is -1.89. The predicted octanol–water partition coefficient (Wildman–Crippen LogP) is 2.69. The molecule has 1 N–H and O–H groups in total. The lowest BCUT2D eigenvalue weighted by atomic mass is 9.95. The summed E-state index contributed by atoms with van der Waals surface area (Å²) in [7, 11) is -3.62. The van der Waals surface area contributed by atoms with Crippen LogP contribution in [-0.4, -0.2) is 44.2 Å². The van der Waals surface area contributed by atoms with Gasteiger partial charge in [0.15, 0.2) is 5.84 Å². The molecule has 1 atom stereocenters. The molecule has 2 heterocycles. The third-order valence-electron chi connectivity index (χ3n) is 5.91. The fourth-order valence-corrected chi connectivity index (χ4v) is 5.67. The number of amides is 1. The zero-order chi connectivity index (χ0) is 18.9. The Kier molecular flexibility index (Phi) is 5.21. The summed E-state index contributed by atoms with van der Waals surface area (Å²) in [5, 5.41) is 3.25. The van der Waals surface area contributed by atoms with Crippen LogP contribution in [0.25, 0.3) is 0 Å². The Bertz CT molecular complexity index is 842. The number of carbonyl (C=O) groups excluding carboxylic acids is 1. The van der Waals surface area contributed by atoms with Crippen LogP contribution in [0.15, 0.2) is 33.6 Å². The number of sulfonamides is 1. The molecule has 0 aromatic heterocycles. The van der Waals surface area contributed by atoms with Crippen molar-refractivity contribution >= 4 is 21.8 Å². The SMILES string of the molecule is O=C(NC1CCCCCC1)[C@H]1CCCN(C2=NS(=O)(=O)c3ccccc32)C1. The van der Waals surface area contributed by atoms with Crippen molar-refractivity contribution in [3.63, 3.8) is 0 Å². The number of rotatable bonds is 2. The molecule has 1 amide bonds. The minimum atomic E-state index is -3.62. The van der Waals surface area contributed by atoms with Gasteiger partial charge < -0.3 is 10.2 Å². The monoisotopic (exact) mass is 389 g/mol. The van der Waals surface area contributed by atoms with Crippen molar-refractivity contribution in [2.45, 2.75) is 62.3 Å². The van der Waals surface area contributed by atoms with E-state index in [1.54, 1.807) is 18.2 Å². The van der Waals surface area contributed by atoms with Crippen molar-refractivity contribution in [3.05, 3.63) is 29.8 Å². The Labute approximate surface area is 161 Å². The van der Waals surface area contributed by atoms with E-state index in [1.807, 2.05) is 11.0 Å². The average molecular weight is 390 g/mol. The third-order valence-corrected chi connectivity index (χ3v) is 7.23. The molecule has 0 radical (unpaired) electrons. The highest BCUT2D eigenvalue weighted by atomic mass is 32.2. The summed E-state index contributed by atoms with van der Waals surface area (Å²) in [5.41, 5.74) is 0.655. The zero-order valence-electron chi connectivity index (χ0n) is 15.6. The van der Waals surface area contributed by atoms with Crippen LogP contribution in [0, 0.1) is 5.92 Å². The number of fused-ring (bicyclic) bond motifs is 1. The molecule has 1 aromatic carbocycles. The van der Waals surface area contributed by atoms with E-state index >= 15 is 0 Å². The molecular weight excluding hydrogens is 362 g/mol. The Morgan fingerprint density at radius 2 is 1.78 bits per heavy atom. The fourth-order valence-electron chi connectivity index (χ4n) is 4.44. The fraction of sp³-hybridized carbons (Fsp3) is 0.600. The van der Waals surface area contributed by atoms with Gasteiger partial charge in [0.05, 0.1) is 5.92 Å². The molecule has 1 saturated heterocycles. The zero-order valence-corrected chi connectivity index (χ0v) is 16.4. The van der Waals surface area contributed by atoms with E-state index in [-0.39, 0.29) is 16.7 Å². The van der Waals surface area contributed by atoms with E-state index in [0.717, 1.165) is 32.2 Å². The van der Waals surface area contributed by atoms with Crippen LogP contribution in [0.5, 0.6) is 0 Å². The van der Waals surface area contributed by atoms with Gasteiger partial charge in [-0.25, -0.2) is 0 Å². The molecule has 0 unspecified atom stereocenters. The highest BCUT2D eigenvalue weighted by Gasteiger charge is 2.35. The lowest BCUT2D eigenvalue weighted by molar-refractivity contribution is -0.127. The molecular formula is C20H27N3O3S. The van der Waals surface area contributed by atoms with Gasteiger partial charge >= 0.3 is 0 Å². The van der Waals surface area contributed by atoms with Crippen LogP contribution < -0.4 is 5.32 Å². The Balaban J connectivity index is 1.46. The average Bonchev–Trinajstić information content (AvgIpc) is 2.82. The quantitative estimate of drug-likeness (QED) is 0.789. The van der Waals surface area contributed by atoms with Crippen LogP contribution in [-0.2, 0) is 14.8 Å². The molecule has 0 spiro atoms. The second-order valence-corrected chi connectivity index (χ2v) is 9.44. The summed E-state index contributed by atoms with van der Waals surface area (Å²) in [5.74, 6) is 0.499. The van der Waals surface area contributed by atoms with E-state index in [2.05, 4.69) is 9.71 Å². The first kappa shape index (κ1) is 18.5. The van der Waals surface area contributed by atoms with Crippen LogP contribution in [0.4, 0.5) is 0 Å². The van der Waals surface area contributed by atoms with Gasteiger partial charge in [0.2, 0.25) is 5.91 Å². The molecule has 1 aromatic rings. The Morgan fingerprint density at radius 3 is 2.56 bits per heavy atom. The van der Waals surface area contributed by atoms with Crippen molar-refractivity contribution < 1.29 is 13.2 Å². The first-order chi connectivity index (χ1) is 13.0. The van der Waals surface area contributed by atoms with Gasteiger partial charge in [-0.3, -0.25) is 4.79 Å². The van der Waals surface area contributed by atoms with Gasteiger partial charge in [-0.1, -0.05) is 37.8 Å². The molecule has 0 bridgehead atoms. The summed E-state index contributed by atoms with van der Waals surface area (Å²) in [6, 6.07) is 7.24. The maximum Gasteiger partial charge on any atom is 0.285 e. The van der Waals surface area contributed by atoms with Gasteiger partial charge in [0.1, 0.15) is 4.90 Å². The van der Waals surface area contributed by atoms with Crippen molar-refractivity contribution in [3.8, 4) is 0 Å². The lowest BCUT2D eigenvalue weighted by Crippen LogP contribution is -2.47. The van der Waals surface area contributed by atoms with Crippen molar-refractivity contribution in [2.75, 3.05) is 13.1 Å². The van der Waals surface area contributed by atoms with Crippen LogP contribution in [0.2, 0.25) is 0 Å². The minimum absolute atomic E-state index is 0.111.